The fraction of sp³-hybridized carbons (Fsp3) is 0.0476. The standard InChI is InChI=1S/C21H20N4O3S/c22-21(23)16-7-3-5-14(11-16)12-20(26)25-17-8-4-6-15(13-17)18-9-1-2-10-19(18)29(24,27)28/h1-11,13H,12H2,(H3,22,23)(H,25,26)(H2,24,27,28). The number of nitrogens with one attached hydrogen (secondary N) is 2. The molecular formula is C21H20N4O3S. The maximum absolute atomic E-state index is 12.4. The molecular weight excluding hydrogens is 388 g/mol. The van der Waals surface area contributed by atoms with Crippen LogP contribution in [0.1, 0.15) is 11.1 Å². The van der Waals surface area contributed by atoms with E-state index in [9.17, 15) is 13.2 Å². The third-order valence-electron chi connectivity index (χ3n) is 4.25. The average molecular weight is 408 g/mol. The van der Waals surface area contributed by atoms with Crippen molar-refractivity contribution in [3.05, 3.63) is 83.9 Å². The third kappa shape index (κ3) is 5.07. The predicted molar refractivity (Wildman–Crippen MR) is 113 cm³/mol. The Morgan fingerprint density at radius 1 is 0.966 bits per heavy atom. The molecule has 0 saturated carbocycles. The molecule has 7 nitrogen and oxygen atoms in total. The normalized spacial score (nSPS) is 11.1. The number of carbonyl (C=O) groups is 1. The van der Waals surface area contributed by atoms with Gasteiger partial charge in [0.15, 0.2) is 0 Å². The number of nitrogen functional groups attached to an aromatic ring is 1. The topological polar surface area (TPSA) is 139 Å². The molecule has 0 aromatic heterocycles. The number of amidine groups is 1. The zero-order valence-electron chi connectivity index (χ0n) is 15.4. The van der Waals surface area contributed by atoms with E-state index in [1.54, 1.807) is 66.7 Å². The number of hydrogen-bond acceptors (Lipinski definition) is 4. The van der Waals surface area contributed by atoms with Gasteiger partial charge in [-0.2, -0.15) is 0 Å². The smallest absolute Gasteiger partial charge is 0.238 e. The van der Waals surface area contributed by atoms with Gasteiger partial charge in [0.25, 0.3) is 0 Å². The van der Waals surface area contributed by atoms with Crippen LogP contribution in [-0.2, 0) is 21.2 Å². The molecule has 0 fully saturated rings. The Morgan fingerprint density at radius 2 is 1.69 bits per heavy atom. The highest BCUT2D eigenvalue weighted by atomic mass is 32.2. The van der Waals surface area contributed by atoms with Gasteiger partial charge in [-0.15, -0.1) is 0 Å². The maximum Gasteiger partial charge on any atom is 0.238 e. The van der Waals surface area contributed by atoms with Crippen molar-refractivity contribution in [3.63, 3.8) is 0 Å². The minimum Gasteiger partial charge on any atom is -0.384 e. The molecule has 0 spiro atoms. The van der Waals surface area contributed by atoms with Gasteiger partial charge in [-0.1, -0.05) is 48.5 Å². The first-order chi connectivity index (χ1) is 13.7. The summed E-state index contributed by atoms with van der Waals surface area (Å²) in [5.74, 6) is -0.309. The Labute approximate surface area is 168 Å². The Kier molecular flexibility index (Phi) is 5.76. The van der Waals surface area contributed by atoms with E-state index in [0.717, 1.165) is 5.56 Å². The van der Waals surface area contributed by atoms with Crippen molar-refractivity contribution >= 4 is 27.5 Å². The lowest BCUT2D eigenvalue weighted by atomic mass is 10.0. The molecule has 0 aliphatic heterocycles. The van der Waals surface area contributed by atoms with Crippen LogP contribution in [0.15, 0.2) is 77.7 Å². The molecule has 0 saturated heterocycles. The summed E-state index contributed by atoms with van der Waals surface area (Å²) < 4.78 is 23.7. The summed E-state index contributed by atoms with van der Waals surface area (Å²) in [6, 6.07) is 20.2. The molecule has 0 atom stereocenters. The zero-order chi connectivity index (χ0) is 21.0. The SMILES string of the molecule is N=C(N)c1cccc(CC(=O)Nc2cccc(-c3ccccc3S(N)(=O)=O)c2)c1. The highest BCUT2D eigenvalue weighted by molar-refractivity contribution is 7.89. The molecule has 6 N–H and O–H groups in total. The summed E-state index contributed by atoms with van der Waals surface area (Å²) in [5.41, 5.74) is 8.37. The van der Waals surface area contributed by atoms with Crippen molar-refractivity contribution in [1.82, 2.24) is 0 Å². The van der Waals surface area contributed by atoms with E-state index in [4.69, 9.17) is 16.3 Å². The molecule has 0 aliphatic rings. The molecule has 0 radical (unpaired) electrons. The van der Waals surface area contributed by atoms with Crippen LogP contribution in [0.25, 0.3) is 11.1 Å². The number of carbonyl (C=O) groups excluding carboxylic acids is 1. The number of primary sulfonamides is 1. The number of nitrogens with two attached hydrogens (primary N) is 2. The Balaban J connectivity index is 1.82. The van der Waals surface area contributed by atoms with Crippen LogP contribution in [0.3, 0.4) is 0 Å². The second-order valence-electron chi connectivity index (χ2n) is 6.46. The lowest BCUT2D eigenvalue weighted by Gasteiger charge is -2.11. The zero-order valence-corrected chi connectivity index (χ0v) is 16.2. The fourth-order valence-electron chi connectivity index (χ4n) is 2.96. The first kappa shape index (κ1) is 20.2. The summed E-state index contributed by atoms with van der Waals surface area (Å²) in [5, 5.41) is 15.6. The summed E-state index contributed by atoms with van der Waals surface area (Å²) in [6.45, 7) is 0. The van der Waals surface area contributed by atoms with E-state index >= 15 is 0 Å². The minimum atomic E-state index is -3.88. The Bertz CT molecular complexity index is 1190. The fourth-order valence-corrected chi connectivity index (χ4v) is 3.72. The molecule has 0 heterocycles. The van der Waals surface area contributed by atoms with E-state index in [1.807, 2.05) is 0 Å². The van der Waals surface area contributed by atoms with Crippen LogP contribution in [-0.4, -0.2) is 20.2 Å². The van der Waals surface area contributed by atoms with Crippen molar-refractivity contribution in [1.29, 1.82) is 5.41 Å². The molecule has 0 bridgehead atoms. The number of amides is 1. The molecule has 0 unspecified atom stereocenters. The van der Waals surface area contributed by atoms with Crippen LogP contribution < -0.4 is 16.2 Å². The van der Waals surface area contributed by atoms with E-state index in [2.05, 4.69) is 5.32 Å². The van der Waals surface area contributed by atoms with Crippen molar-refractivity contribution in [2.24, 2.45) is 10.9 Å². The first-order valence-electron chi connectivity index (χ1n) is 8.69. The molecule has 3 rings (SSSR count). The number of benzene rings is 3. The molecule has 29 heavy (non-hydrogen) atoms. The highest BCUT2D eigenvalue weighted by Crippen LogP contribution is 2.28. The Morgan fingerprint density at radius 3 is 2.41 bits per heavy atom. The second-order valence-corrected chi connectivity index (χ2v) is 7.99. The number of rotatable bonds is 6. The van der Waals surface area contributed by atoms with E-state index in [0.29, 0.717) is 22.4 Å². The average Bonchev–Trinajstić information content (AvgIpc) is 2.67. The van der Waals surface area contributed by atoms with Crippen LogP contribution in [0.2, 0.25) is 0 Å². The largest absolute Gasteiger partial charge is 0.384 e. The minimum absolute atomic E-state index is 0.0181. The molecule has 3 aromatic carbocycles. The van der Waals surface area contributed by atoms with Gasteiger partial charge in [-0.3, -0.25) is 10.2 Å². The molecule has 1 amide bonds. The molecule has 3 aromatic rings. The summed E-state index contributed by atoms with van der Waals surface area (Å²) in [7, 11) is -3.88. The van der Waals surface area contributed by atoms with E-state index in [-0.39, 0.29) is 23.1 Å². The monoisotopic (exact) mass is 408 g/mol. The van der Waals surface area contributed by atoms with Crippen molar-refractivity contribution < 1.29 is 13.2 Å². The highest BCUT2D eigenvalue weighted by Gasteiger charge is 2.15. The molecule has 148 valence electrons. The number of hydrogen-bond donors (Lipinski definition) is 4. The number of sulfonamides is 1. The molecule has 0 aliphatic carbocycles. The van der Waals surface area contributed by atoms with Crippen molar-refractivity contribution in [2.75, 3.05) is 5.32 Å². The first-order valence-corrected chi connectivity index (χ1v) is 10.2. The lowest BCUT2D eigenvalue weighted by molar-refractivity contribution is -0.115. The van der Waals surface area contributed by atoms with Gasteiger partial charge in [0, 0.05) is 16.8 Å². The second kappa shape index (κ2) is 8.26. The van der Waals surface area contributed by atoms with Gasteiger partial charge in [0.2, 0.25) is 15.9 Å². The van der Waals surface area contributed by atoms with Crippen LogP contribution in [0, 0.1) is 5.41 Å². The summed E-state index contributed by atoms with van der Waals surface area (Å²) in [6.07, 6.45) is 0.110. The van der Waals surface area contributed by atoms with Gasteiger partial charge in [0.1, 0.15) is 5.84 Å². The summed E-state index contributed by atoms with van der Waals surface area (Å²) in [4.78, 5) is 12.4. The van der Waals surface area contributed by atoms with Crippen LogP contribution in [0.5, 0.6) is 0 Å². The van der Waals surface area contributed by atoms with Gasteiger partial charge in [-0.05, 0) is 35.4 Å². The maximum atomic E-state index is 12.4. The van der Waals surface area contributed by atoms with Crippen molar-refractivity contribution in [2.45, 2.75) is 11.3 Å². The van der Waals surface area contributed by atoms with Gasteiger partial charge in [0.05, 0.1) is 11.3 Å². The van der Waals surface area contributed by atoms with E-state index < -0.39 is 10.0 Å². The van der Waals surface area contributed by atoms with Crippen molar-refractivity contribution in [3.8, 4) is 11.1 Å². The quantitative estimate of drug-likeness (QED) is 0.367. The third-order valence-corrected chi connectivity index (χ3v) is 5.22. The van der Waals surface area contributed by atoms with Gasteiger partial charge < -0.3 is 11.1 Å². The van der Waals surface area contributed by atoms with Crippen LogP contribution in [0.4, 0.5) is 5.69 Å². The summed E-state index contributed by atoms with van der Waals surface area (Å²) >= 11 is 0. The number of anilines is 1. The van der Waals surface area contributed by atoms with Gasteiger partial charge in [-0.25, -0.2) is 13.6 Å². The lowest BCUT2D eigenvalue weighted by Crippen LogP contribution is -2.16. The van der Waals surface area contributed by atoms with Crippen LogP contribution >= 0.6 is 0 Å². The van der Waals surface area contributed by atoms with Gasteiger partial charge >= 0.3 is 0 Å². The van der Waals surface area contributed by atoms with E-state index in [1.165, 1.54) is 6.07 Å². The molecule has 8 heteroatoms. The predicted octanol–water partition coefficient (Wildman–Crippen LogP) is 2.47. The Hall–Kier alpha value is -3.49.